The fourth-order valence-corrected chi connectivity index (χ4v) is 1.74. The lowest BCUT2D eigenvalue weighted by molar-refractivity contribution is 0.328. The van der Waals surface area contributed by atoms with Gasteiger partial charge >= 0.3 is 0 Å². The predicted octanol–water partition coefficient (Wildman–Crippen LogP) is 2.09. The summed E-state index contributed by atoms with van der Waals surface area (Å²) in [6.07, 6.45) is 3.58. The number of aromatic nitrogens is 1. The van der Waals surface area contributed by atoms with Gasteiger partial charge in [-0.15, -0.1) is 0 Å². The fraction of sp³-hybridized carbons (Fsp3) is 0.375. The zero-order valence-corrected chi connectivity index (χ0v) is 7.76. The zero-order chi connectivity index (χ0) is 7.90. The Morgan fingerprint density at radius 1 is 1.73 bits per heavy atom. The number of rotatable bonds is 1. The van der Waals surface area contributed by atoms with Gasteiger partial charge in [-0.1, -0.05) is 0 Å². The SMILES string of the molecule is CC1(c2ccncc2Br)CO1. The lowest BCUT2D eigenvalue weighted by Gasteiger charge is -2.05. The first kappa shape index (κ1) is 7.25. The summed E-state index contributed by atoms with van der Waals surface area (Å²) in [5.41, 5.74) is 1.13. The first-order chi connectivity index (χ1) is 5.22. The molecular weight excluding hydrogens is 206 g/mol. The molecule has 0 radical (unpaired) electrons. The van der Waals surface area contributed by atoms with E-state index in [0.29, 0.717) is 0 Å². The summed E-state index contributed by atoms with van der Waals surface area (Å²) in [5.74, 6) is 0. The molecule has 1 saturated heterocycles. The van der Waals surface area contributed by atoms with Gasteiger partial charge in [-0.05, 0) is 28.9 Å². The highest BCUT2D eigenvalue weighted by Crippen LogP contribution is 2.40. The van der Waals surface area contributed by atoms with Gasteiger partial charge in [-0.25, -0.2) is 0 Å². The summed E-state index contributed by atoms with van der Waals surface area (Å²) in [5, 5.41) is 0. The van der Waals surface area contributed by atoms with E-state index < -0.39 is 0 Å². The Bertz CT molecular complexity index is 283. The van der Waals surface area contributed by atoms with Crippen LogP contribution in [0.4, 0.5) is 0 Å². The molecule has 1 aliphatic heterocycles. The smallest absolute Gasteiger partial charge is 0.115 e. The van der Waals surface area contributed by atoms with Crippen molar-refractivity contribution in [2.75, 3.05) is 6.61 Å². The Morgan fingerprint density at radius 2 is 2.45 bits per heavy atom. The van der Waals surface area contributed by atoms with E-state index in [1.807, 2.05) is 6.07 Å². The third-order valence-corrected chi connectivity index (χ3v) is 2.55. The van der Waals surface area contributed by atoms with Crippen molar-refractivity contribution in [2.24, 2.45) is 0 Å². The van der Waals surface area contributed by atoms with Crippen LogP contribution in [0.3, 0.4) is 0 Å². The topological polar surface area (TPSA) is 25.4 Å². The first-order valence-corrected chi connectivity index (χ1v) is 4.26. The van der Waals surface area contributed by atoms with E-state index in [-0.39, 0.29) is 5.60 Å². The van der Waals surface area contributed by atoms with E-state index in [0.717, 1.165) is 11.1 Å². The lowest BCUT2D eigenvalue weighted by atomic mass is 10.0. The summed E-state index contributed by atoms with van der Waals surface area (Å²) in [4.78, 5) is 3.98. The Balaban J connectivity index is 2.45. The van der Waals surface area contributed by atoms with Gasteiger partial charge in [0.15, 0.2) is 0 Å². The number of nitrogens with zero attached hydrogens (tertiary/aromatic N) is 1. The van der Waals surface area contributed by atoms with Crippen LogP contribution in [0.1, 0.15) is 12.5 Å². The fourth-order valence-electron chi connectivity index (χ4n) is 1.07. The van der Waals surface area contributed by atoms with E-state index in [1.54, 1.807) is 12.4 Å². The maximum atomic E-state index is 5.31. The van der Waals surface area contributed by atoms with Crippen LogP contribution < -0.4 is 0 Å². The maximum Gasteiger partial charge on any atom is 0.115 e. The van der Waals surface area contributed by atoms with Crippen molar-refractivity contribution in [2.45, 2.75) is 12.5 Å². The summed E-state index contributed by atoms with van der Waals surface area (Å²) in [7, 11) is 0. The van der Waals surface area contributed by atoms with Crippen molar-refractivity contribution < 1.29 is 4.74 Å². The van der Waals surface area contributed by atoms with Crippen LogP contribution in [0.25, 0.3) is 0 Å². The molecule has 2 heterocycles. The normalized spacial score (nSPS) is 28.5. The minimum atomic E-state index is -0.0538. The highest BCUT2D eigenvalue weighted by atomic mass is 79.9. The number of hydrogen-bond acceptors (Lipinski definition) is 2. The largest absolute Gasteiger partial charge is 0.365 e. The van der Waals surface area contributed by atoms with Gasteiger partial charge in [0.1, 0.15) is 5.60 Å². The van der Waals surface area contributed by atoms with Crippen molar-refractivity contribution in [3.05, 3.63) is 28.5 Å². The van der Waals surface area contributed by atoms with Crippen LogP contribution in [-0.2, 0) is 10.3 Å². The number of ether oxygens (including phenoxy) is 1. The summed E-state index contributed by atoms with van der Waals surface area (Å²) < 4.78 is 6.33. The van der Waals surface area contributed by atoms with E-state index in [2.05, 4.69) is 27.8 Å². The lowest BCUT2D eigenvalue weighted by Crippen LogP contribution is -2.02. The average Bonchev–Trinajstić information content (AvgIpc) is 2.70. The van der Waals surface area contributed by atoms with Gasteiger partial charge in [0.05, 0.1) is 6.61 Å². The van der Waals surface area contributed by atoms with Crippen molar-refractivity contribution in [3.8, 4) is 0 Å². The molecule has 58 valence electrons. The second-order valence-corrected chi connectivity index (χ2v) is 3.73. The van der Waals surface area contributed by atoms with Crippen molar-refractivity contribution in [1.82, 2.24) is 4.98 Å². The molecule has 1 atom stereocenters. The second kappa shape index (κ2) is 2.29. The first-order valence-electron chi connectivity index (χ1n) is 3.46. The second-order valence-electron chi connectivity index (χ2n) is 2.88. The molecule has 0 amide bonds. The van der Waals surface area contributed by atoms with Crippen molar-refractivity contribution in [3.63, 3.8) is 0 Å². The molecule has 3 heteroatoms. The molecule has 0 bridgehead atoms. The third kappa shape index (κ3) is 1.19. The van der Waals surface area contributed by atoms with Gasteiger partial charge in [-0.2, -0.15) is 0 Å². The number of hydrogen-bond donors (Lipinski definition) is 0. The summed E-state index contributed by atoms with van der Waals surface area (Å²) in [6, 6.07) is 1.98. The zero-order valence-electron chi connectivity index (χ0n) is 6.17. The highest BCUT2D eigenvalue weighted by molar-refractivity contribution is 9.10. The van der Waals surface area contributed by atoms with Gasteiger partial charge in [0, 0.05) is 22.4 Å². The Labute approximate surface area is 73.7 Å². The van der Waals surface area contributed by atoms with Gasteiger partial charge < -0.3 is 4.74 Å². The molecular formula is C8H8BrNO. The quantitative estimate of drug-likeness (QED) is 0.668. The molecule has 1 unspecified atom stereocenters. The van der Waals surface area contributed by atoms with Gasteiger partial charge in [0.2, 0.25) is 0 Å². The molecule has 0 aromatic carbocycles. The molecule has 1 aliphatic rings. The van der Waals surface area contributed by atoms with Crippen LogP contribution in [-0.4, -0.2) is 11.6 Å². The van der Waals surface area contributed by atoms with Crippen LogP contribution >= 0.6 is 15.9 Å². The van der Waals surface area contributed by atoms with Crippen LogP contribution in [0.15, 0.2) is 22.9 Å². The van der Waals surface area contributed by atoms with Gasteiger partial charge in [-0.3, -0.25) is 4.98 Å². The molecule has 1 aromatic rings. The molecule has 0 saturated carbocycles. The summed E-state index contributed by atoms with van der Waals surface area (Å²) >= 11 is 3.43. The highest BCUT2D eigenvalue weighted by Gasteiger charge is 2.42. The molecule has 2 nitrogen and oxygen atoms in total. The Morgan fingerprint density at radius 3 is 3.00 bits per heavy atom. The van der Waals surface area contributed by atoms with Crippen molar-refractivity contribution in [1.29, 1.82) is 0 Å². The molecule has 2 rings (SSSR count). The molecule has 0 N–H and O–H groups in total. The third-order valence-electron chi connectivity index (χ3n) is 1.92. The predicted molar refractivity (Wildman–Crippen MR) is 45.2 cm³/mol. The minimum Gasteiger partial charge on any atom is -0.365 e. The Kier molecular flexibility index (Phi) is 1.51. The molecule has 0 spiro atoms. The van der Waals surface area contributed by atoms with Gasteiger partial charge in [0.25, 0.3) is 0 Å². The molecule has 0 aliphatic carbocycles. The molecule has 11 heavy (non-hydrogen) atoms. The number of pyridine rings is 1. The maximum absolute atomic E-state index is 5.31. The molecule has 1 fully saturated rings. The minimum absolute atomic E-state index is 0.0538. The van der Waals surface area contributed by atoms with E-state index in [4.69, 9.17) is 4.74 Å². The standard InChI is InChI=1S/C8H8BrNO/c1-8(5-11-8)6-2-3-10-4-7(6)9/h2-4H,5H2,1H3. The Hall–Kier alpha value is -0.410. The monoisotopic (exact) mass is 213 g/mol. The van der Waals surface area contributed by atoms with Crippen molar-refractivity contribution >= 4 is 15.9 Å². The molecule has 1 aromatic heterocycles. The van der Waals surface area contributed by atoms with E-state index in [1.165, 1.54) is 5.56 Å². The van der Waals surface area contributed by atoms with Crippen LogP contribution in [0.5, 0.6) is 0 Å². The number of epoxide rings is 1. The van der Waals surface area contributed by atoms with Crippen LogP contribution in [0, 0.1) is 0 Å². The summed E-state index contributed by atoms with van der Waals surface area (Å²) in [6.45, 7) is 2.89. The average molecular weight is 214 g/mol. The van der Waals surface area contributed by atoms with E-state index in [9.17, 15) is 0 Å². The van der Waals surface area contributed by atoms with Crippen LogP contribution in [0.2, 0.25) is 0 Å². The number of halogens is 1. The van der Waals surface area contributed by atoms with E-state index >= 15 is 0 Å².